The summed E-state index contributed by atoms with van der Waals surface area (Å²) in [6.07, 6.45) is 13.0. The van der Waals surface area contributed by atoms with Gasteiger partial charge in [-0.2, -0.15) is 0 Å². The Morgan fingerprint density at radius 2 is 1.68 bits per heavy atom. The van der Waals surface area contributed by atoms with Crippen molar-refractivity contribution in [3.63, 3.8) is 0 Å². The summed E-state index contributed by atoms with van der Waals surface area (Å²) >= 11 is 0. The third kappa shape index (κ3) is 3.32. The first-order valence-corrected chi connectivity index (χ1v) is 15.2. The maximum Gasteiger partial charge on any atom is 0.310 e. The Morgan fingerprint density at radius 1 is 0.947 bits per heavy atom. The Bertz CT molecular complexity index is 1340. The number of aliphatic carboxylic acids is 1. The molecule has 3 saturated heterocycles. The third-order valence-corrected chi connectivity index (χ3v) is 12.0. The van der Waals surface area contributed by atoms with E-state index in [1.807, 2.05) is 29.2 Å². The van der Waals surface area contributed by atoms with Crippen LogP contribution in [-0.4, -0.2) is 56.7 Å². The SMILES string of the molecule is CC12CC3CC(N4C5CCCC4CC(n4c(=O)c(N6CC(C(=O)O)C6)nc6ccccc64)C5)CC1CC2C3. The molecule has 6 aliphatic rings. The van der Waals surface area contributed by atoms with Gasteiger partial charge in [0, 0.05) is 37.3 Å². The van der Waals surface area contributed by atoms with Gasteiger partial charge in [-0.15, -0.1) is 0 Å². The number of anilines is 1. The van der Waals surface area contributed by atoms with Gasteiger partial charge in [-0.25, -0.2) is 4.98 Å². The smallest absolute Gasteiger partial charge is 0.310 e. The molecule has 6 fully saturated rings. The molecular formula is C31H40N4O3. The lowest BCUT2D eigenvalue weighted by atomic mass is 9.54. The summed E-state index contributed by atoms with van der Waals surface area (Å²) in [5, 5.41) is 9.37. The molecule has 7 nitrogen and oxygen atoms in total. The summed E-state index contributed by atoms with van der Waals surface area (Å²) in [6, 6.07) is 10.0. The molecule has 3 saturated carbocycles. The van der Waals surface area contributed by atoms with E-state index in [1.165, 1.54) is 51.4 Å². The first-order chi connectivity index (χ1) is 18.4. The molecule has 1 aromatic carbocycles. The highest BCUT2D eigenvalue weighted by Crippen LogP contribution is 2.67. The van der Waals surface area contributed by atoms with Crippen molar-refractivity contribution in [3.8, 4) is 0 Å². The van der Waals surface area contributed by atoms with Gasteiger partial charge < -0.3 is 14.6 Å². The van der Waals surface area contributed by atoms with Crippen LogP contribution in [0.5, 0.6) is 0 Å². The lowest BCUT2D eigenvalue weighted by Gasteiger charge is -2.56. The summed E-state index contributed by atoms with van der Waals surface area (Å²) < 4.78 is 2.06. The van der Waals surface area contributed by atoms with E-state index in [4.69, 9.17) is 4.98 Å². The monoisotopic (exact) mass is 516 g/mol. The molecule has 1 aromatic heterocycles. The van der Waals surface area contributed by atoms with E-state index in [1.54, 1.807) is 0 Å². The molecule has 1 N–H and O–H groups in total. The molecule has 7 atom stereocenters. The van der Waals surface area contributed by atoms with E-state index in [9.17, 15) is 14.7 Å². The van der Waals surface area contributed by atoms with Crippen molar-refractivity contribution in [3.05, 3.63) is 34.6 Å². The minimum Gasteiger partial charge on any atom is -0.481 e. The van der Waals surface area contributed by atoms with E-state index in [-0.39, 0.29) is 11.6 Å². The lowest BCUT2D eigenvalue weighted by molar-refractivity contribution is -0.142. The number of carboxylic acids is 1. The molecule has 0 spiro atoms. The Labute approximate surface area is 224 Å². The number of aromatic nitrogens is 2. The van der Waals surface area contributed by atoms with Crippen LogP contribution < -0.4 is 10.5 Å². The third-order valence-electron chi connectivity index (χ3n) is 12.0. The number of fused-ring (bicyclic) bond motifs is 4. The molecular weight excluding hydrogens is 476 g/mol. The summed E-state index contributed by atoms with van der Waals surface area (Å²) in [5.74, 6) is 2.07. The van der Waals surface area contributed by atoms with Crippen molar-refractivity contribution in [2.24, 2.45) is 29.1 Å². The molecule has 0 radical (unpaired) electrons. The van der Waals surface area contributed by atoms with Crippen LogP contribution in [0.25, 0.3) is 11.0 Å². The van der Waals surface area contributed by atoms with Gasteiger partial charge in [-0.1, -0.05) is 25.5 Å². The van der Waals surface area contributed by atoms with Gasteiger partial charge in [0.1, 0.15) is 0 Å². The predicted molar refractivity (Wildman–Crippen MR) is 146 cm³/mol. The molecule has 7 unspecified atom stereocenters. The topological polar surface area (TPSA) is 78.7 Å². The zero-order valence-electron chi connectivity index (χ0n) is 22.5. The predicted octanol–water partition coefficient (Wildman–Crippen LogP) is 4.69. The summed E-state index contributed by atoms with van der Waals surface area (Å²) in [5.41, 5.74) is 2.35. The van der Waals surface area contributed by atoms with Crippen LogP contribution in [0, 0.1) is 29.1 Å². The van der Waals surface area contributed by atoms with Crippen molar-refractivity contribution >= 4 is 22.8 Å². The van der Waals surface area contributed by atoms with Gasteiger partial charge in [0.2, 0.25) is 0 Å². The molecule has 4 heterocycles. The number of hydrogen-bond donors (Lipinski definition) is 1. The van der Waals surface area contributed by atoms with E-state index in [0.717, 1.165) is 47.7 Å². The quantitative estimate of drug-likeness (QED) is 0.635. The molecule has 38 heavy (non-hydrogen) atoms. The first-order valence-electron chi connectivity index (χ1n) is 15.2. The molecule has 0 amide bonds. The van der Waals surface area contributed by atoms with E-state index in [2.05, 4.69) is 16.4 Å². The highest BCUT2D eigenvalue weighted by molar-refractivity contribution is 5.78. The number of rotatable bonds is 4. The first kappa shape index (κ1) is 23.5. The average molecular weight is 517 g/mol. The highest BCUT2D eigenvalue weighted by Gasteiger charge is 2.60. The van der Waals surface area contributed by atoms with Gasteiger partial charge >= 0.3 is 5.97 Å². The van der Waals surface area contributed by atoms with Crippen molar-refractivity contribution in [2.75, 3.05) is 18.0 Å². The zero-order valence-corrected chi connectivity index (χ0v) is 22.5. The average Bonchev–Trinajstić information content (AvgIpc) is 3.02. The summed E-state index contributed by atoms with van der Waals surface area (Å²) in [4.78, 5) is 35.0. The molecule has 3 aliphatic heterocycles. The number of para-hydroxylation sites is 2. The molecule has 202 valence electrons. The van der Waals surface area contributed by atoms with Crippen LogP contribution in [-0.2, 0) is 4.79 Å². The molecule has 8 rings (SSSR count). The van der Waals surface area contributed by atoms with Gasteiger partial charge in [0.25, 0.3) is 5.56 Å². The Balaban J connectivity index is 1.11. The molecule has 2 aromatic rings. The van der Waals surface area contributed by atoms with E-state index in [0.29, 0.717) is 36.4 Å². The fraction of sp³-hybridized carbons (Fsp3) is 0.710. The minimum atomic E-state index is -0.791. The van der Waals surface area contributed by atoms with Crippen LogP contribution in [0.15, 0.2) is 29.1 Å². The van der Waals surface area contributed by atoms with Crippen LogP contribution in [0.2, 0.25) is 0 Å². The summed E-state index contributed by atoms with van der Waals surface area (Å²) in [6.45, 7) is 3.32. The van der Waals surface area contributed by atoms with Crippen LogP contribution in [0.4, 0.5) is 5.82 Å². The zero-order chi connectivity index (χ0) is 25.8. The maximum atomic E-state index is 14.0. The lowest BCUT2D eigenvalue weighted by Crippen LogP contribution is -2.59. The van der Waals surface area contributed by atoms with Crippen LogP contribution in [0.3, 0.4) is 0 Å². The number of carbonyl (C=O) groups is 1. The van der Waals surface area contributed by atoms with Gasteiger partial charge in [0.05, 0.1) is 17.0 Å². The van der Waals surface area contributed by atoms with E-state index >= 15 is 0 Å². The Hall–Kier alpha value is -2.41. The van der Waals surface area contributed by atoms with Gasteiger partial charge in [0.15, 0.2) is 5.82 Å². The van der Waals surface area contributed by atoms with Gasteiger partial charge in [-0.3, -0.25) is 14.5 Å². The number of carboxylic acid groups (broad SMARTS) is 1. The van der Waals surface area contributed by atoms with Crippen molar-refractivity contribution < 1.29 is 9.90 Å². The highest BCUT2D eigenvalue weighted by atomic mass is 16.4. The van der Waals surface area contributed by atoms with Crippen LogP contribution in [0.1, 0.15) is 77.2 Å². The fourth-order valence-electron chi connectivity index (χ4n) is 10.2. The number of piperidine rings is 2. The fourth-order valence-corrected chi connectivity index (χ4v) is 10.2. The Kier molecular flexibility index (Phi) is 5.12. The number of nitrogens with zero attached hydrogens (tertiary/aromatic N) is 4. The largest absolute Gasteiger partial charge is 0.481 e. The van der Waals surface area contributed by atoms with Gasteiger partial charge in [-0.05, 0) is 93.1 Å². The van der Waals surface area contributed by atoms with E-state index < -0.39 is 11.9 Å². The second-order valence-electron chi connectivity index (χ2n) is 13.9. The van der Waals surface area contributed by atoms with Crippen molar-refractivity contribution in [1.82, 2.24) is 14.5 Å². The number of benzene rings is 1. The van der Waals surface area contributed by atoms with Crippen LogP contribution >= 0.6 is 0 Å². The summed E-state index contributed by atoms with van der Waals surface area (Å²) in [7, 11) is 0. The second kappa shape index (κ2) is 8.30. The van der Waals surface area contributed by atoms with Crippen molar-refractivity contribution in [1.29, 1.82) is 0 Å². The molecule has 3 aliphatic carbocycles. The standard InChI is InChI=1S/C31H40N4O3/c1-31-15-18-9-20(31)11-21(31)12-24(10-18)34-22-5-4-6-23(34)14-25(13-22)35-27-8-3-2-7-26(27)32-28(29(35)36)33-16-19(17-33)30(37)38/h2-3,7-8,18-25H,4-6,9-17H2,1H3,(H,37,38). The Morgan fingerprint density at radius 3 is 2.45 bits per heavy atom. The maximum absolute atomic E-state index is 14.0. The van der Waals surface area contributed by atoms with Crippen molar-refractivity contribution in [2.45, 2.75) is 95.3 Å². The minimum absolute atomic E-state index is 0.0377. The molecule has 7 heteroatoms. The normalized spacial score (nSPS) is 40.4. The number of hydrogen-bond acceptors (Lipinski definition) is 5. The molecule has 4 bridgehead atoms. The second-order valence-corrected chi connectivity index (χ2v) is 13.9.